The largest absolute Gasteiger partial charge is 0.480 e. The van der Waals surface area contributed by atoms with E-state index < -0.39 is 27.3 Å². The van der Waals surface area contributed by atoms with Gasteiger partial charge in [0.2, 0.25) is 0 Å². The van der Waals surface area contributed by atoms with Gasteiger partial charge in [-0.1, -0.05) is 31.7 Å². The molecule has 24 heavy (non-hydrogen) atoms. The summed E-state index contributed by atoms with van der Waals surface area (Å²) in [5, 5.41) is 12.3. The van der Waals surface area contributed by atoms with Crippen LogP contribution in [0.3, 0.4) is 0 Å². The highest BCUT2D eigenvalue weighted by Gasteiger charge is 2.40. The standard InChI is InChI=1S/C17H23NO5S/c1-12-7-8-13(11-14(12)24(2,22)23)15(19)18-17(16(20)21)9-5-3-4-6-10-17/h7-8,11H,3-6,9-10H2,1-2H3,(H,18,19)(H,20,21). The van der Waals surface area contributed by atoms with Gasteiger partial charge in [-0.25, -0.2) is 13.2 Å². The van der Waals surface area contributed by atoms with Crippen LogP contribution in [0.5, 0.6) is 0 Å². The molecule has 132 valence electrons. The third-order valence-electron chi connectivity index (χ3n) is 4.57. The van der Waals surface area contributed by atoms with Crippen LogP contribution in [0.2, 0.25) is 0 Å². The molecule has 1 aliphatic rings. The van der Waals surface area contributed by atoms with E-state index in [1.54, 1.807) is 13.0 Å². The van der Waals surface area contributed by atoms with Gasteiger partial charge in [-0.3, -0.25) is 4.79 Å². The van der Waals surface area contributed by atoms with E-state index in [1.807, 2.05) is 0 Å². The fraction of sp³-hybridized carbons (Fsp3) is 0.529. The quantitative estimate of drug-likeness (QED) is 0.809. The van der Waals surface area contributed by atoms with Crippen molar-refractivity contribution >= 4 is 21.7 Å². The molecule has 1 saturated carbocycles. The van der Waals surface area contributed by atoms with Crippen molar-refractivity contribution < 1.29 is 23.1 Å². The first-order valence-corrected chi connectivity index (χ1v) is 9.91. The van der Waals surface area contributed by atoms with Crippen LogP contribution in [0.25, 0.3) is 0 Å². The SMILES string of the molecule is Cc1ccc(C(=O)NC2(C(=O)O)CCCCCC2)cc1S(C)(=O)=O. The molecule has 0 unspecified atom stereocenters. The van der Waals surface area contributed by atoms with Crippen LogP contribution >= 0.6 is 0 Å². The molecule has 7 heteroatoms. The third-order valence-corrected chi connectivity index (χ3v) is 5.81. The number of aryl methyl sites for hydroxylation is 1. The van der Waals surface area contributed by atoms with Crippen molar-refractivity contribution in [1.29, 1.82) is 0 Å². The predicted molar refractivity (Wildman–Crippen MR) is 89.8 cm³/mol. The number of rotatable bonds is 4. The zero-order valence-corrected chi connectivity index (χ0v) is 14.8. The van der Waals surface area contributed by atoms with Crippen LogP contribution in [0, 0.1) is 6.92 Å². The number of carbonyl (C=O) groups excluding carboxylic acids is 1. The van der Waals surface area contributed by atoms with Crippen molar-refractivity contribution in [2.24, 2.45) is 0 Å². The Labute approximate surface area is 142 Å². The van der Waals surface area contributed by atoms with Crippen molar-refractivity contribution in [3.8, 4) is 0 Å². The highest BCUT2D eigenvalue weighted by atomic mass is 32.2. The fourth-order valence-corrected chi connectivity index (χ4v) is 4.15. The smallest absolute Gasteiger partial charge is 0.329 e. The van der Waals surface area contributed by atoms with E-state index in [0.717, 1.165) is 31.9 Å². The van der Waals surface area contributed by atoms with E-state index >= 15 is 0 Å². The second-order valence-electron chi connectivity index (χ2n) is 6.51. The lowest BCUT2D eigenvalue weighted by Crippen LogP contribution is -2.54. The van der Waals surface area contributed by atoms with Crippen LogP contribution in [0.1, 0.15) is 54.4 Å². The van der Waals surface area contributed by atoms with E-state index in [0.29, 0.717) is 18.4 Å². The molecule has 6 nitrogen and oxygen atoms in total. The van der Waals surface area contributed by atoms with Crippen LogP contribution in [0.4, 0.5) is 0 Å². The lowest BCUT2D eigenvalue weighted by Gasteiger charge is -2.29. The molecule has 0 saturated heterocycles. The zero-order chi connectivity index (χ0) is 18.0. The number of aliphatic carboxylic acids is 1. The Balaban J connectivity index is 2.33. The summed E-state index contributed by atoms with van der Waals surface area (Å²) >= 11 is 0. The normalized spacial score (nSPS) is 17.8. The Hall–Kier alpha value is -1.89. The summed E-state index contributed by atoms with van der Waals surface area (Å²) in [6.45, 7) is 1.65. The Bertz CT molecular complexity index is 746. The number of hydrogen-bond donors (Lipinski definition) is 2. The highest BCUT2D eigenvalue weighted by Crippen LogP contribution is 2.28. The summed E-state index contributed by atoms with van der Waals surface area (Å²) in [5.41, 5.74) is -0.564. The molecule has 0 radical (unpaired) electrons. The van der Waals surface area contributed by atoms with Gasteiger partial charge in [-0.2, -0.15) is 0 Å². The molecular formula is C17H23NO5S. The number of benzene rings is 1. The molecule has 1 amide bonds. The van der Waals surface area contributed by atoms with Gasteiger partial charge < -0.3 is 10.4 Å². The molecule has 1 aromatic rings. The van der Waals surface area contributed by atoms with Gasteiger partial charge in [0, 0.05) is 11.8 Å². The van der Waals surface area contributed by atoms with E-state index in [2.05, 4.69) is 5.32 Å². The monoisotopic (exact) mass is 353 g/mol. The van der Waals surface area contributed by atoms with Crippen molar-refractivity contribution in [3.05, 3.63) is 29.3 Å². The molecule has 2 N–H and O–H groups in total. The fourth-order valence-electron chi connectivity index (χ4n) is 3.15. The zero-order valence-electron chi connectivity index (χ0n) is 14.0. The van der Waals surface area contributed by atoms with Crippen LogP contribution in [-0.4, -0.2) is 37.2 Å². The molecule has 0 spiro atoms. The topological polar surface area (TPSA) is 101 Å². The van der Waals surface area contributed by atoms with E-state index in [4.69, 9.17) is 0 Å². The van der Waals surface area contributed by atoms with Crippen molar-refractivity contribution in [2.75, 3.05) is 6.26 Å². The first-order valence-electron chi connectivity index (χ1n) is 8.02. The number of nitrogens with one attached hydrogen (secondary N) is 1. The second-order valence-corrected chi connectivity index (χ2v) is 8.49. The number of hydrogen-bond acceptors (Lipinski definition) is 4. The maximum Gasteiger partial charge on any atom is 0.329 e. The summed E-state index contributed by atoms with van der Waals surface area (Å²) in [6.07, 6.45) is 5.25. The molecular weight excluding hydrogens is 330 g/mol. The summed E-state index contributed by atoms with van der Waals surface area (Å²) in [4.78, 5) is 24.4. The van der Waals surface area contributed by atoms with Crippen molar-refractivity contribution in [3.63, 3.8) is 0 Å². The molecule has 0 heterocycles. The average molecular weight is 353 g/mol. The summed E-state index contributed by atoms with van der Waals surface area (Å²) < 4.78 is 23.6. The van der Waals surface area contributed by atoms with E-state index in [-0.39, 0.29) is 10.5 Å². The van der Waals surface area contributed by atoms with E-state index in [9.17, 15) is 23.1 Å². The number of carbonyl (C=O) groups is 2. The Kier molecular flexibility index (Phi) is 5.32. The predicted octanol–water partition coefficient (Wildman–Crippen LogP) is 2.31. The summed E-state index contributed by atoms with van der Waals surface area (Å²) in [5.74, 6) is -1.59. The maximum atomic E-state index is 12.6. The van der Waals surface area contributed by atoms with Crippen molar-refractivity contribution in [1.82, 2.24) is 5.32 Å². The van der Waals surface area contributed by atoms with Gasteiger partial charge in [0.05, 0.1) is 4.90 Å². The number of amides is 1. The molecule has 0 atom stereocenters. The lowest BCUT2D eigenvalue weighted by molar-refractivity contribution is -0.145. The number of carboxylic acid groups (broad SMARTS) is 1. The Morgan fingerprint density at radius 3 is 2.21 bits per heavy atom. The molecule has 0 bridgehead atoms. The van der Waals surface area contributed by atoms with E-state index in [1.165, 1.54) is 12.1 Å². The first kappa shape index (κ1) is 18.4. The molecule has 1 fully saturated rings. The van der Waals surface area contributed by atoms with Gasteiger partial charge in [0.25, 0.3) is 5.91 Å². The van der Waals surface area contributed by atoms with Crippen LogP contribution < -0.4 is 5.32 Å². The summed E-state index contributed by atoms with van der Waals surface area (Å²) in [7, 11) is -3.46. The van der Waals surface area contributed by atoms with Gasteiger partial charge >= 0.3 is 5.97 Å². The highest BCUT2D eigenvalue weighted by molar-refractivity contribution is 7.90. The second kappa shape index (κ2) is 6.93. The number of carboxylic acids is 1. The maximum absolute atomic E-state index is 12.6. The molecule has 1 aromatic carbocycles. The average Bonchev–Trinajstić information content (AvgIpc) is 2.73. The van der Waals surface area contributed by atoms with Crippen LogP contribution in [0.15, 0.2) is 23.1 Å². The van der Waals surface area contributed by atoms with Gasteiger partial charge in [-0.15, -0.1) is 0 Å². The molecule has 0 aliphatic heterocycles. The Morgan fingerprint density at radius 1 is 1.12 bits per heavy atom. The Morgan fingerprint density at radius 2 is 1.71 bits per heavy atom. The third kappa shape index (κ3) is 3.95. The molecule has 1 aliphatic carbocycles. The van der Waals surface area contributed by atoms with Crippen LogP contribution in [-0.2, 0) is 14.6 Å². The summed E-state index contributed by atoms with van der Waals surface area (Å²) in [6, 6.07) is 4.39. The van der Waals surface area contributed by atoms with Crippen molar-refractivity contribution in [2.45, 2.75) is 55.9 Å². The molecule has 0 aromatic heterocycles. The minimum Gasteiger partial charge on any atom is -0.480 e. The lowest BCUT2D eigenvalue weighted by atomic mass is 9.89. The first-order chi connectivity index (χ1) is 11.2. The van der Waals surface area contributed by atoms with Gasteiger partial charge in [0.1, 0.15) is 5.54 Å². The minimum atomic E-state index is -3.46. The number of sulfone groups is 1. The van der Waals surface area contributed by atoms with Gasteiger partial charge in [-0.05, 0) is 37.5 Å². The minimum absolute atomic E-state index is 0.0837. The van der Waals surface area contributed by atoms with Gasteiger partial charge in [0.15, 0.2) is 9.84 Å². The molecule has 2 rings (SSSR count).